The second kappa shape index (κ2) is 6.32. The monoisotopic (exact) mass is 253 g/mol. The van der Waals surface area contributed by atoms with Gasteiger partial charge in [-0.2, -0.15) is 0 Å². The summed E-state index contributed by atoms with van der Waals surface area (Å²) < 4.78 is 0. The summed E-state index contributed by atoms with van der Waals surface area (Å²) in [5.74, 6) is 0. The van der Waals surface area contributed by atoms with Crippen molar-refractivity contribution < 1.29 is 10.0 Å². The first kappa shape index (κ1) is 14.4. The summed E-state index contributed by atoms with van der Waals surface area (Å²) in [7, 11) is 3.52. The Balaban J connectivity index is 2.85. The smallest absolute Gasteiger partial charge is 0.292 e. The molecular weight excluding hydrogens is 234 g/mol. The molecule has 0 fully saturated rings. The van der Waals surface area contributed by atoms with Gasteiger partial charge in [-0.1, -0.05) is 6.07 Å². The standard InChI is InChI=1S/C12H19N3O3/c1-9(16)7-14(3)8-10-4-5-11(13-2)12(6-10)15(17)18/h4-6,9,13,16H,7-8H2,1-3H3. The molecule has 6 nitrogen and oxygen atoms in total. The zero-order valence-electron chi connectivity index (χ0n) is 10.9. The molecule has 0 aliphatic rings. The molecule has 1 aromatic rings. The van der Waals surface area contributed by atoms with Gasteiger partial charge in [-0.3, -0.25) is 15.0 Å². The number of anilines is 1. The summed E-state index contributed by atoms with van der Waals surface area (Å²) in [5, 5.41) is 23.0. The molecule has 0 aromatic heterocycles. The van der Waals surface area contributed by atoms with Crippen LogP contribution in [0.1, 0.15) is 12.5 Å². The molecule has 1 unspecified atom stereocenters. The molecular formula is C12H19N3O3. The van der Waals surface area contributed by atoms with Crippen molar-refractivity contribution in [2.75, 3.05) is 26.0 Å². The van der Waals surface area contributed by atoms with Crippen LogP contribution >= 0.6 is 0 Å². The number of nitrogens with one attached hydrogen (secondary N) is 1. The van der Waals surface area contributed by atoms with Crippen molar-refractivity contribution in [3.8, 4) is 0 Å². The fraction of sp³-hybridized carbons (Fsp3) is 0.500. The van der Waals surface area contributed by atoms with Crippen LogP contribution in [0.5, 0.6) is 0 Å². The van der Waals surface area contributed by atoms with E-state index in [4.69, 9.17) is 0 Å². The third-order valence-corrected chi connectivity index (χ3v) is 2.56. The van der Waals surface area contributed by atoms with Crippen LogP contribution in [-0.4, -0.2) is 41.7 Å². The van der Waals surface area contributed by atoms with Gasteiger partial charge >= 0.3 is 0 Å². The summed E-state index contributed by atoms with van der Waals surface area (Å²) in [6, 6.07) is 5.10. The summed E-state index contributed by atoms with van der Waals surface area (Å²) in [6.07, 6.45) is -0.415. The minimum atomic E-state index is -0.415. The predicted molar refractivity (Wildman–Crippen MR) is 70.7 cm³/mol. The van der Waals surface area contributed by atoms with E-state index in [1.54, 1.807) is 26.1 Å². The highest BCUT2D eigenvalue weighted by atomic mass is 16.6. The highest BCUT2D eigenvalue weighted by Crippen LogP contribution is 2.25. The van der Waals surface area contributed by atoms with Crippen LogP contribution in [0, 0.1) is 10.1 Å². The molecule has 0 spiro atoms. The van der Waals surface area contributed by atoms with Gasteiger partial charge < -0.3 is 10.4 Å². The Morgan fingerprint density at radius 2 is 2.22 bits per heavy atom. The molecule has 0 heterocycles. The van der Waals surface area contributed by atoms with Crippen LogP contribution in [0.3, 0.4) is 0 Å². The van der Waals surface area contributed by atoms with E-state index in [2.05, 4.69) is 5.32 Å². The maximum Gasteiger partial charge on any atom is 0.292 e. The van der Waals surface area contributed by atoms with E-state index in [9.17, 15) is 15.2 Å². The summed E-state index contributed by atoms with van der Waals surface area (Å²) in [4.78, 5) is 12.4. The highest BCUT2D eigenvalue weighted by molar-refractivity contribution is 5.62. The van der Waals surface area contributed by atoms with E-state index in [-0.39, 0.29) is 5.69 Å². The van der Waals surface area contributed by atoms with Gasteiger partial charge in [0.1, 0.15) is 5.69 Å². The van der Waals surface area contributed by atoms with E-state index in [1.165, 1.54) is 0 Å². The molecule has 1 atom stereocenters. The molecule has 2 N–H and O–H groups in total. The molecule has 0 radical (unpaired) electrons. The summed E-state index contributed by atoms with van der Waals surface area (Å²) in [6.45, 7) is 2.81. The van der Waals surface area contributed by atoms with E-state index in [0.29, 0.717) is 18.8 Å². The number of nitro groups is 1. The van der Waals surface area contributed by atoms with Crippen LogP contribution in [0.4, 0.5) is 11.4 Å². The van der Waals surface area contributed by atoms with Gasteiger partial charge in [0, 0.05) is 26.2 Å². The third-order valence-electron chi connectivity index (χ3n) is 2.56. The predicted octanol–water partition coefficient (Wildman–Crippen LogP) is 1.45. The molecule has 0 aliphatic carbocycles. The molecule has 0 bridgehead atoms. The second-order valence-electron chi connectivity index (χ2n) is 4.40. The first-order valence-corrected chi connectivity index (χ1v) is 5.75. The normalized spacial score (nSPS) is 12.5. The van der Waals surface area contributed by atoms with Gasteiger partial charge in [-0.05, 0) is 25.6 Å². The van der Waals surface area contributed by atoms with Crippen LogP contribution in [0.25, 0.3) is 0 Å². The largest absolute Gasteiger partial charge is 0.392 e. The number of benzene rings is 1. The van der Waals surface area contributed by atoms with E-state index >= 15 is 0 Å². The maximum atomic E-state index is 10.9. The first-order chi connectivity index (χ1) is 8.43. The number of rotatable bonds is 6. The molecule has 0 aliphatic heterocycles. The van der Waals surface area contributed by atoms with Crippen LogP contribution in [-0.2, 0) is 6.54 Å². The Labute approximate surface area is 106 Å². The molecule has 0 amide bonds. The van der Waals surface area contributed by atoms with Crippen molar-refractivity contribution in [1.29, 1.82) is 0 Å². The fourth-order valence-electron chi connectivity index (χ4n) is 1.87. The number of likely N-dealkylation sites (N-methyl/N-ethyl adjacent to an activating group) is 1. The molecule has 18 heavy (non-hydrogen) atoms. The summed E-state index contributed by atoms with van der Waals surface area (Å²) >= 11 is 0. The Morgan fingerprint density at radius 3 is 2.72 bits per heavy atom. The lowest BCUT2D eigenvalue weighted by molar-refractivity contribution is -0.384. The number of nitrogens with zero attached hydrogens (tertiary/aromatic N) is 2. The lowest BCUT2D eigenvalue weighted by atomic mass is 10.1. The zero-order valence-corrected chi connectivity index (χ0v) is 10.9. The van der Waals surface area contributed by atoms with Crippen LogP contribution in [0.2, 0.25) is 0 Å². The quantitative estimate of drug-likeness (QED) is 0.592. The number of hydrogen-bond donors (Lipinski definition) is 2. The lowest BCUT2D eigenvalue weighted by Gasteiger charge is -2.18. The average Bonchev–Trinajstić information content (AvgIpc) is 2.27. The molecule has 6 heteroatoms. The van der Waals surface area contributed by atoms with Crippen molar-refractivity contribution in [3.63, 3.8) is 0 Å². The van der Waals surface area contributed by atoms with Crippen molar-refractivity contribution in [2.45, 2.75) is 19.6 Å². The minimum Gasteiger partial charge on any atom is -0.392 e. The maximum absolute atomic E-state index is 10.9. The average molecular weight is 253 g/mol. The molecule has 0 saturated carbocycles. The third kappa shape index (κ3) is 3.97. The first-order valence-electron chi connectivity index (χ1n) is 5.75. The topological polar surface area (TPSA) is 78.6 Å². The number of hydrogen-bond acceptors (Lipinski definition) is 5. The SMILES string of the molecule is CNc1ccc(CN(C)CC(C)O)cc1[N+](=O)[O-]. The fourth-order valence-corrected chi connectivity index (χ4v) is 1.87. The molecule has 0 saturated heterocycles. The zero-order chi connectivity index (χ0) is 13.7. The van der Waals surface area contributed by atoms with E-state index in [1.807, 2.05) is 18.0 Å². The Hall–Kier alpha value is -1.66. The Morgan fingerprint density at radius 1 is 1.56 bits per heavy atom. The Kier molecular flexibility index (Phi) is 5.06. The highest BCUT2D eigenvalue weighted by Gasteiger charge is 2.14. The Bertz CT molecular complexity index is 421. The van der Waals surface area contributed by atoms with E-state index in [0.717, 1.165) is 5.56 Å². The van der Waals surface area contributed by atoms with Crippen LogP contribution in [0.15, 0.2) is 18.2 Å². The second-order valence-corrected chi connectivity index (χ2v) is 4.40. The number of nitro benzene ring substituents is 1. The number of aliphatic hydroxyl groups excluding tert-OH is 1. The van der Waals surface area contributed by atoms with Gasteiger partial charge in [0.15, 0.2) is 0 Å². The van der Waals surface area contributed by atoms with Gasteiger partial charge in [-0.25, -0.2) is 0 Å². The van der Waals surface area contributed by atoms with Gasteiger partial charge in [0.25, 0.3) is 5.69 Å². The van der Waals surface area contributed by atoms with Crippen molar-refractivity contribution in [2.24, 2.45) is 0 Å². The molecule has 1 rings (SSSR count). The molecule has 100 valence electrons. The van der Waals surface area contributed by atoms with Crippen molar-refractivity contribution >= 4 is 11.4 Å². The van der Waals surface area contributed by atoms with Gasteiger partial charge in [-0.15, -0.1) is 0 Å². The van der Waals surface area contributed by atoms with Crippen LogP contribution < -0.4 is 5.32 Å². The van der Waals surface area contributed by atoms with Gasteiger partial charge in [0.05, 0.1) is 11.0 Å². The summed E-state index contributed by atoms with van der Waals surface area (Å²) in [5.41, 5.74) is 1.42. The molecule has 1 aromatic carbocycles. The van der Waals surface area contributed by atoms with Gasteiger partial charge in [0.2, 0.25) is 0 Å². The van der Waals surface area contributed by atoms with Crippen molar-refractivity contribution in [1.82, 2.24) is 4.90 Å². The minimum absolute atomic E-state index is 0.0699. The van der Waals surface area contributed by atoms with E-state index < -0.39 is 11.0 Å². The number of aliphatic hydroxyl groups is 1. The van der Waals surface area contributed by atoms with Crippen molar-refractivity contribution in [3.05, 3.63) is 33.9 Å². The lowest BCUT2D eigenvalue weighted by Crippen LogP contribution is -2.26.